The second kappa shape index (κ2) is 26.2. The number of ether oxygens (including phenoxy) is 3. The van der Waals surface area contributed by atoms with E-state index >= 15 is 0 Å². The van der Waals surface area contributed by atoms with Crippen LogP contribution in [-0.4, -0.2) is 154 Å². The molecule has 82 heavy (non-hydrogen) atoms. The summed E-state index contributed by atoms with van der Waals surface area (Å²) in [6.45, 7) is 15.6. The topological polar surface area (TPSA) is 245 Å². The van der Waals surface area contributed by atoms with Crippen LogP contribution in [0.1, 0.15) is 79.4 Å². The van der Waals surface area contributed by atoms with Crippen molar-refractivity contribution < 1.29 is 43.3 Å². The minimum Gasteiger partial charge on any atom is -0.491 e. The Hall–Kier alpha value is -7.48. The number of carbonyl (C=O) groups is 3. The van der Waals surface area contributed by atoms with Crippen molar-refractivity contribution in [2.24, 2.45) is 11.8 Å². The van der Waals surface area contributed by atoms with Crippen molar-refractivity contribution in [2.45, 2.75) is 109 Å². The molecule has 0 aliphatic carbocycles. The predicted octanol–water partition coefficient (Wildman–Crippen LogP) is 6.26. The van der Waals surface area contributed by atoms with Crippen molar-refractivity contribution in [1.82, 2.24) is 40.5 Å². The van der Waals surface area contributed by atoms with Gasteiger partial charge < -0.3 is 59.2 Å². The number of rotatable bonds is 22. The number of aliphatic hydroxyl groups excluding tert-OH is 2. The summed E-state index contributed by atoms with van der Waals surface area (Å²) in [5.41, 5.74) is 8.03. The summed E-state index contributed by atoms with van der Waals surface area (Å²) in [6.07, 6.45) is 2.12. The Balaban J connectivity index is 0.732. The quantitative estimate of drug-likeness (QED) is 0.0433. The van der Waals surface area contributed by atoms with Crippen LogP contribution in [-0.2, 0) is 38.6 Å². The number of anilines is 2. The molecule has 0 saturated carbocycles. The Morgan fingerprint density at radius 1 is 0.988 bits per heavy atom. The molecule has 3 amide bonds. The van der Waals surface area contributed by atoms with Crippen molar-refractivity contribution in [1.29, 1.82) is 5.26 Å². The van der Waals surface area contributed by atoms with Crippen LogP contribution in [0.4, 0.5) is 11.5 Å². The maximum atomic E-state index is 14.0. The number of hydrogen-bond donors (Lipinski definition) is 4. The van der Waals surface area contributed by atoms with Crippen molar-refractivity contribution in [2.75, 3.05) is 75.5 Å². The average Bonchev–Trinajstić information content (AvgIpc) is 4.48. The molecule has 0 radical (unpaired) electrons. The third kappa shape index (κ3) is 13.1. The average molecular weight is 1140 g/mol. The number of nitrogens with zero attached hydrogens (tertiary/aromatic N) is 9. The standard InChI is InChI=1S/C61H73N11O9S/c1-6-55(75)71-22-21-70(32-45(71)16-19-62)58-48-17-20-69(50-13-9-11-40-10-7-8-12-47(40)50)34-49(48)66-61(67-58)80-23-18-44-27-43(31-63-44)52(74)35-78-24-25-79-53-28-41(57-39(5)65-36-82-57)14-15-42(53)30-64-59(76)51-29-46(73)33-72(51)60(77)56(37(2)3)54-26-38(4)68-81-54/h6-15,26,28,36-37,43-46,51-52,56,63,73-74H,1,16-18,20-25,27,29-35H2,2-5H3,(H,64,76)/t43-,44-,45+,46-,51+,52?,56-/m1/s1. The van der Waals surface area contributed by atoms with Crippen LogP contribution in [0, 0.1) is 37.0 Å². The van der Waals surface area contributed by atoms with Gasteiger partial charge in [0, 0.05) is 92.5 Å². The van der Waals surface area contributed by atoms with E-state index < -0.39 is 24.2 Å². The van der Waals surface area contributed by atoms with E-state index in [9.17, 15) is 29.9 Å². The summed E-state index contributed by atoms with van der Waals surface area (Å²) in [5, 5.41) is 44.7. The van der Waals surface area contributed by atoms with E-state index in [-0.39, 0.29) is 93.4 Å². The molecule has 0 spiro atoms. The Bertz CT molecular complexity index is 3280. The van der Waals surface area contributed by atoms with Gasteiger partial charge in [0.1, 0.15) is 35.9 Å². The molecular weight excluding hydrogens is 1060 g/mol. The van der Waals surface area contributed by atoms with Gasteiger partial charge in [-0.25, -0.2) is 4.98 Å². The molecule has 3 saturated heterocycles. The van der Waals surface area contributed by atoms with Crippen molar-refractivity contribution in [3.8, 4) is 28.3 Å². The lowest BCUT2D eigenvalue weighted by atomic mass is 9.91. The number of thiazole rings is 1. The third-order valence-electron chi connectivity index (χ3n) is 16.2. The minimum atomic E-state index is -0.880. The zero-order valence-corrected chi connectivity index (χ0v) is 47.9. The molecule has 21 heteroatoms. The van der Waals surface area contributed by atoms with E-state index in [2.05, 4.69) is 79.6 Å². The van der Waals surface area contributed by atoms with Crippen molar-refractivity contribution in [3.63, 3.8) is 0 Å². The van der Waals surface area contributed by atoms with Gasteiger partial charge in [0.05, 0.1) is 84.6 Å². The number of likely N-dealkylation sites (tertiary alicyclic amines) is 1. The fourth-order valence-electron chi connectivity index (χ4n) is 12.0. The Labute approximate surface area is 482 Å². The smallest absolute Gasteiger partial charge is 0.318 e. The number of piperazine rings is 1. The van der Waals surface area contributed by atoms with Crippen LogP contribution >= 0.6 is 11.3 Å². The number of amides is 3. The SMILES string of the molecule is C=CC(=O)N1CCN(c2nc(OCC[C@@H]3C[C@@H](C(O)COCCOc4cc(-c5scnc5C)ccc4CNC(=O)[C@@H]4C[C@@H](O)CN4C(=O)[C@@H](c4cc(C)no4)C(C)C)CN3)nc3c2CCN(c2cccc4ccccc24)C3)C[C@@H]1CC#N. The second-order valence-electron chi connectivity index (χ2n) is 22.1. The highest BCUT2D eigenvalue weighted by Crippen LogP contribution is 2.37. The monoisotopic (exact) mass is 1140 g/mol. The van der Waals surface area contributed by atoms with Crippen LogP contribution in [0.15, 0.2) is 89.4 Å². The third-order valence-corrected chi connectivity index (χ3v) is 17.2. The summed E-state index contributed by atoms with van der Waals surface area (Å²) < 4.78 is 24.3. The van der Waals surface area contributed by atoms with Crippen LogP contribution in [0.25, 0.3) is 21.2 Å². The molecule has 7 heterocycles. The van der Waals surface area contributed by atoms with Gasteiger partial charge in [-0.15, -0.1) is 11.3 Å². The van der Waals surface area contributed by atoms with Gasteiger partial charge in [-0.1, -0.05) is 74.1 Å². The molecule has 3 fully saturated rings. The van der Waals surface area contributed by atoms with Gasteiger partial charge in [-0.05, 0) is 68.2 Å². The number of β-amino-alcohol motifs (C(OH)–C–C–N with tert-alkyl or cyclic N) is 1. The van der Waals surface area contributed by atoms with Crippen molar-refractivity contribution >= 4 is 51.3 Å². The molecule has 432 valence electrons. The molecule has 4 aliphatic heterocycles. The fourth-order valence-corrected chi connectivity index (χ4v) is 12.8. The molecule has 1 unspecified atom stereocenters. The largest absolute Gasteiger partial charge is 0.491 e. The van der Waals surface area contributed by atoms with Gasteiger partial charge >= 0.3 is 6.01 Å². The maximum Gasteiger partial charge on any atom is 0.318 e. The molecule has 6 aromatic rings. The van der Waals surface area contributed by atoms with E-state index in [4.69, 9.17) is 28.7 Å². The summed E-state index contributed by atoms with van der Waals surface area (Å²) >= 11 is 1.52. The number of benzene rings is 3. The Morgan fingerprint density at radius 3 is 2.61 bits per heavy atom. The molecule has 4 N–H and O–H groups in total. The molecule has 3 aromatic carbocycles. The molecule has 10 rings (SSSR count). The highest BCUT2D eigenvalue weighted by molar-refractivity contribution is 7.13. The number of aliphatic hydroxyl groups is 2. The molecule has 0 bridgehead atoms. The second-order valence-corrected chi connectivity index (χ2v) is 23.0. The molecular formula is C61H73N11O9S. The lowest BCUT2D eigenvalue weighted by Gasteiger charge is -2.42. The van der Waals surface area contributed by atoms with Crippen molar-refractivity contribution in [3.05, 3.63) is 119 Å². The van der Waals surface area contributed by atoms with Crippen LogP contribution in [0.2, 0.25) is 0 Å². The number of nitriles is 1. The van der Waals surface area contributed by atoms with E-state index in [1.165, 1.54) is 33.1 Å². The zero-order chi connectivity index (χ0) is 57.4. The molecule has 3 aromatic heterocycles. The fraction of sp³-hybridized carbons (Fsp3) is 0.475. The van der Waals surface area contributed by atoms with Gasteiger partial charge in [0.2, 0.25) is 17.7 Å². The predicted molar refractivity (Wildman–Crippen MR) is 310 cm³/mol. The molecule has 20 nitrogen and oxygen atoms in total. The van der Waals surface area contributed by atoms with E-state index in [1.54, 1.807) is 23.4 Å². The van der Waals surface area contributed by atoms with Gasteiger partial charge in [0.15, 0.2) is 0 Å². The van der Waals surface area contributed by atoms with E-state index in [0.29, 0.717) is 74.9 Å². The lowest BCUT2D eigenvalue weighted by Crippen LogP contribution is -2.55. The minimum absolute atomic E-state index is 0.0313. The van der Waals surface area contributed by atoms with E-state index in [0.717, 1.165) is 51.9 Å². The van der Waals surface area contributed by atoms with E-state index in [1.807, 2.05) is 45.0 Å². The first-order valence-electron chi connectivity index (χ1n) is 28.4. The van der Waals surface area contributed by atoms with Crippen LogP contribution in [0.3, 0.4) is 0 Å². The van der Waals surface area contributed by atoms with Gasteiger partial charge in [-0.2, -0.15) is 15.2 Å². The number of aromatic nitrogens is 4. The number of aryl methyl sites for hydroxylation is 2. The van der Waals surface area contributed by atoms with Gasteiger partial charge in [-0.3, -0.25) is 14.4 Å². The number of hydrogen-bond acceptors (Lipinski definition) is 18. The zero-order valence-electron chi connectivity index (χ0n) is 47.0. The highest BCUT2D eigenvalue weighted by Gasteiger charge is 2.43. The first-order valence-corrected chi connectivity index (χ1v) is 29.3. The molecule has 4 aliphatic rings. The Kier molecular flexibility index (Phi) is 18.4. The normalized spacial score (nSPS) is 20.6. The highest BCUT2D eigenvalue weighted by atomic mass is 32.1. The summed E-state index contributed by atoms with van der Waals surface area (Å²) in [4.78, 5) is 63.9. The first kappa shape index (κ1) is 57.7. The number of carbonyl (C=O) groups excluding carboxylic acids is 3. The number of fused-ring (bicyclic) bond motifs is 2. The summed E-state index contributed by atoms with van der Waals surface area (Å²) in [7, 11) is 0. The maximum absolute atomic E-state index is 14.0. The van der Waals surface area contributed by atoms with Crippen LogP contribution in [0.5, 0.6) is 11.8 Å². The first-order chi connectivity index (χ1) is 39.8. The Morgan fingerprint density at radius 2 is 1.83 bits per heavy atom. The summed E-state index contributed by atoms with van der Waals surface area (Å²) in [6, 6.07) is 23.7. The summed E-state index contributed by atoms with van der Waals surface area (Å²) in [5.74, 6) is 0.0313. The number of nitrogens with one attached hydrogen (secondary N) is 2. The molecule has 7 atom stereocenters. The van der Waals surface area contributed by atoms with Crippen LogP contribution < -0.4 is 29.9 Å². The van der Waals surface area contributed by atoms with Gasteiger partial charge in [0.25, 0.3) is 0 Å². The lowest BCUT2D eigenvalue weighted by molar-refractivity contribution is -0.141.